The number of aromatic nitrogens is 2. The van der Waals surface area contributed by atoms with Crippen molar-refractivity contribution >= 4 is 78.7 Å². The third kappa shape index (κ3) is 3.48. The van der Waals surface area contributed by atoms with Gasteiger partial charge >= 0.3 is 0 Å². The third-order valence-electron chi connectivity index (χ3n) is 4.18. The number of imidazole rings is 1. The van der Waals surface area contributed by atoms with E-state index in [1.165, 1.54) is 16.2 Å². The Morgan fingerprint density at radius 2 is 2.04 bits per heavy atom. The summed E-state index contributed by atoms with van der Waals surface area (Å²) >= 11 is 15.0. The highest BCUT2D eigenvalue weighted by Gasteiger charge is 2.22. The number of nitrogens with zero attached hydrogens (tertiary/aromatic N) is 3. The first kappa shape index (κ1) is 19.2. The molecule has 1 aromatic carbocycles. The molecule has 4 aromatic rings. The Morgan fingerprint density at radius 1 is 1.29 bits per heavy atom. The molecule has 0 saturated carbocycles. The number of likely N-dealkylation sites (N-methyl/N-ethyl adjacent to an activating group) is 1. The van der Waals surface area contributed by atoms with Crippen LogP contribution in [0.4, 0.5) is 5.69 Å². The minimum Gasteiger partial charge on any atom is -0.329 e. The van der Waals surface area contributed by atoms with Crippen LogP contribution >= 0.6 is 45.9 Å². The van der Waals surface area contributed by atoms with Crippen molar-refractivity contribution in [1.82, 2.24) is 14.3 Å². The van der Waals surface area contributed by atoms with Crippen molar-refractivity contribution in [2.24, 2.45) is 0 Å². The predicted octanol–water partition coefficient (Wildman–Crippen LogP) is 5.02. The van der Waals surface area contributed by atoms with Crippen LogP contribution in [0.1, 0.15) is 16.6 Å². The number of rotatable bonds is 5. The van der Waals surface area contributed by atoms with Crippen molar-refractivity contribution in [2.75, 3.05) is 18.4 Å². The summed E-state index contributed by atoms with van der Waals surface area (Å²) in [5, 5.41) is 5.32. The van der Waals surface area contributed by atoms with Crippen molar-refractivity contribution < 1.29 is 9.59 Å². The number of hydrogen-bond acceptors (Lipinski definition) is 5. The molecule has 0 fully saturated rings. The molecule has 1 N–H and O–H groups in total. The van der Waals surface area contributed by atoms with Crippen molar-refractivity contribution in [1.29, 1.82) is 0 Å². The second kappa shape index (κ2) is 7.71. The fraction of sp³-hybridized carbons (Fsp3) is 0.167. The van der Waals surface area contributed by atoms with Crippen LogP contribution in [0.5, 0.6) is 0 Å². The number of carbonyl (C=O) groups is 2. The number of halogens is 2. The Hall–Kier alpha value is -2.13. The summed E-state index contributed by atoms with van der Waals surface area (Å²) in [5.74, 6) is -0.580. The molecule has 3 heterocycles. The smallest absolute Gasteiger partial charge is 0.264 e. The van der Waals surface area contributed by atoms with E-state index < -0.39 is 0 Å². The van der Waals surface area contributed by atoms with Crippen LogP contribution in [-0.2, 0) is 4.79 Å². The highest BCUT2D eigenvalue weighted by Crippen LogP contribution is 2.30. The number of carbonyl (C=O) groups excluding carboxylic acids is 2. The van der Waals surface area contributed by atoms with E-state index in [9.17, 15) is 9.59 Å². The van der Waals surface area contributed by atoms with E-state index in [0.717, 1.165) is 15.3 Å². The average molecular weight is 453 g/mol. The van der Waals surface area contributed by atoms with Gasteiger partial charge in [-0.2, -0.15) is 0 Å². The van der Waals surface area contributed by atoms with E-state index in [1.807, 2.05) is 29.0 Å². The van der Waals surface area contributed by atoms with E-state index in [0.29, 0.717) is 27.2 Å². The molecule has 28 heavy (non-hydrogen) atoms. The van der Waals surface area contributed by atoms with Gasteiger partial charge in [0.1, 0.15) is 11.4 Å². The minimum atomic E-state index is -0.367. The highest BCUT2D eigenvalue weighted by molar-refractivity contribution is 7.21. The lowest BCUT2D eigenvalue weighted by Gasteiger charge is -2.20. The first-order valence-corrected chi connectivity index (χ1v) is 10.8. The minimum absolute atomic E-state index is 0.104. The van der Waals surface area contributed by atoms with Gasteiger partial charge in [0.2, 0.25) is 5.91 Å². The molecule has 0 saturated heterocycles. The number of hydrogen-bond donors (Lipinski definition) is 1. The number of benzene rings is 1. The molecule has 0 aliphatic carbocycles. The number of thiazole rings is 1. The predicted molar refractivity (Wildman–Crippen MR) is 115 cm³/mol. The number of fused-ring (bicyclic) bond motifs is 3. The van der Waals surface area contributed by atoms with Gasteiger partial charge in [-0.1, -0.05) is 29.3 Å². The molecule has 2 amide bonds. The molecule has 144 valence electrons. The SMILES string of the molecule is CCN(CC(=O)Nc1c(Cl)cccc1Cl)C(=O)c1cc2c(nc3sccn32)s1. The van der Waals surface area contributed by atoms with Crippen LogP contribution in [0.2, 0.25) is 10.0 Å². The maximum Gasteiger partial charge on any atom is 0.264 e. The zero-order valence-corrected chi connectivity index (χ0v) is 17.8. The third-order valence-corrected chi connectivity index (χ3v) is 6.57. The highest BCUT2D eigenvalue weighted by atomic mass is 35.5. The summed E-state index contributed by atoms with van der Waals surface area (Å²) in [5.41, 5.74) is 1.24. The topological polar surface area (TPSA) is 66.7 Å². The Bertz CT molecular complexity index is 1180. The zero-order valence-electron chi connectivity index (χ0n) is 14.6. The van der Waals surface area contributed by atoms with Gasteiger partial charge < -0.3 is 10.2 Å². The second-order valence-corrected chi connectivity index (χ2v) is 8.65. The van der Waals surface area contributed by atoms with Crippen molar-refractivity contribution in [3.05, 3.63) is 50.8 Å². The van der Waals surface area contributed by atoms with E-state index in [-0.39, 0.29) is 18.4 Å². The van der Waals surface area contributed by atoms with Crippen LogP contribution < -0.4 is 5.32 Å². The average Bonchev–Trinajstić information content (AvgIpc) is 3.34. The molecule has 0 unspecified atom stereocenters. The standard InChI is InChI=1S/C18H14Cl2N4O2S2/c1-2-23(9-14(25)21-15-10(19)4-3-5-11(15)20)17(26)13-8-12-16(28-13)22-18-24(12)6-7-27-18/h3-8H,2,9H2,1H3,(H,21,25). The molecule has 0 bridgehead atoms. The van der Waals surface area contributed by atoms with Gasteiger partial charge in [0, 0.05) is 18.1 Å². The molecule has 4 rings (SSSR count). The fourth-order valence-corrected chi connectivity index (χ4v) is 5.07. The maximum absolute atomic E-state index is 12.9. The number of thiophene rings is 1. The maximum atomic E-state index is 12.9. The van der Waals surface area contributed by atoms with Gasteiger partial charge in [-0.3, -0.25) is 14.0 Å². The molecule has 0 radical (unpaired) electrons. The van der Waals surface area contributed by atoms with Gasteiger partial charge in [0.05, 0.1) is 26.1 Å². The van der Waals surface area contributed by atoms with Gasteiger partial charge in [-0.05, 0) is 25.1 Å². The Morgan fingerprint density at radius 3 is 2.75 bits per heavy atom. The second-order valence-electron chi connectivity index (χ2n) is 5.93. The van der Waals surface area contributed by atoms with Crippen molar-refractivity contribution in [3.63, 3.8) is 0 Å². The van der Waals surface area contributed by atoms with Crippen LogP contribution in [0.15, 0.2) is 35.8 Å². The van der Waals surface area contributed by atoms with Gasteiger partial charge in [0.15, 0.2) is 4.96 Å². The van der Waals surface area contributed by atoms with Crippen LogP contribution in [0.3, 0.4) is 0 Å². The molecular weight excluding hydrogens is 439 g/mol. The lowest BCUT2D eigenvalue weighted by molar-refractivity contribution is -0.116. The summed E-state index contributed by atoms with van der Waals surface area (Å²) in [6.45, 7) is 2.11. The molecule has 0 spiro atoms. The normalized spacial score (nSPS) is 11.2. The summed E-state index contributed by atoms with van der Waals surface area (Å²) in [4.78, 5) is 33.6. The Labute approximate surface area is 178 Å². The number of nitrogens with one attached hydrogen (secondary N) is 1. The van der Waals surface area contributed by atoms with E-state index in [1.54, 1.807) is 29.5 Å². The summed E-state index contributed by atoms with van der Waals surface area (Å²) in [6, 6.07) is 6.79. The molecule has 3 aromatic heterocycles. The first-order valence-electron chi connectivity index (χ1n) is 8.36. The van der Waals surface area contributed by atoms with Gasteiger partial charge in [-0.15, -0.1) is 22.7 Å². The first-order chi connectivity index (χ1) is 13.5. The molecule has 0 atom stereocenters. The zero-order chi connectivity index (χ0) is 19.8. The lowest BCUT2D eigenvalue weighted by atomic mass is 10.3. The monoisotopic (exact) mass is 452 g/mol. The van der Waals surface area contributed by atoms with E-state index >= 15 is 0 Å². The molecule has 6 nitrogen and oxygen atoms in total. The molecule has 0 aliphatic rings. The van der Waals surface area contributed by atoms with Crippen LogP contribution in [0.25, 0.3) is 15.3 Å². The van der Waals surface area contributed by atoms with Gasteiger partial charge in [0.25, 0.3) is 5.91 Å². The quantitative estimate of drug-likeness (QED) is 0.462. The summed E-state index contributed by atoms with van der Waals surface area (Å²) in [7, 11) is 0. The number of para-hydroxylation sites is 1. The number of anilines is 1. The Balaban J connectivity index is 1.52. The summed E-state index contributed by atoms with van der Waals surface area (Å²) < 4.78 is 1.95. The van der Waals surface area contributed by atoms with E-state index in [2.05, 4.69) is 10.3 Å². The molecular formula is C18H14Cl2N4O2S2. The van der Waals surface area contributed by atoms with Gasteiger partial charge in [-0.25, -0.2) is 4.98 Å². The van der Waals surface area contributed by atoms with Crippen molar-refractivity contribution in [3.8, 4) is 0 Å². The summed E-state index contributed by atoms with van der Waals surface area (Å²) in [6.07, 6.45) is 1.93. The van der Waals surface area contributed by atoms with Crippen LogP contribution in [0, 0.1) is 0 Å². The van der Waals surface area contributed by atoms with Crippen LogP contribution in [-0.4, -0.2) is 39.2 Å². The van der Waals surface area contributed by atoms with E-state index in [4.69, 9.17) is 23.2 Å². The Kier molecular flexibility index (Phi) is 5.29. The fourth-order valence-electron chi connectivity index (χ4n) is 2.81. The molecule has 0 aliphatic heterocycles. The number of amides is 2. The molecule has 10 heteroatoms. The largest absolute Gasteiger partial charge is 0.329 e. The van der Waals surface area contributed by atoms with Crippen molar-refractivity contribution in [2.45, 2.75) is 6.92 Å². The lowest BCUT2D eigenvalue weighted by Crippen LogP contribution is -2.37.